The van der Waals surface area contributed by atoms with Crippen molar-refractivity contribution in [1.82, 2.24) is 9.80 Å². The van der Waals surface area contributed by atoms with E-state index in [0.717, 1.165) is 28.5 Å². The van der Waals surface area contributed by atoms with Crippen molar-refractivity contribution >= 4 is 40.3 Å². The number of thioether (sulfide) groups is 2. The molecule has 0 unspecified atom stereocenters. The van der Waals surface area contributed by atoms with Gasteiger partial charge >= 0.3 is 0 Å². The zero-order chi connectivity index (χ0) is 24.0. The Morgan fingerprint density at radius 2 is 1.73 bits per heavy atom. The summed E-state index contributed by atoms with van der Waals surface area (Å²) >= 11 is 2.87. The molecule has 1 saturated heterocycles. The summed E-state index contributed by atoms with van der Waals surface area (Å²) in [5.41, 5.74) is 3.96. The van der Waals surface area contributed by atoms with E-state index in [9.17, 15) is 4.79 Å². The summed E-state index contributed by atoms with van der Waals surface area (Å²) in [5, 5.41) is 21.0. The van der Waals surface area contributed by atoms with Crippen LogP contribution in [-0.4, -0.2) is 34.5 Å². The first-order valence-corrected chi connectivity index (χ1v) is 12.2. The maximum atomic E-state index is 12.7. The number of carbonyl (C=O) groups is 1. The van der Waals surface area contributed by atoms with Gasteiger partial charge in [0, 0.05) is 29.9 Å². The number of hydrogen-bond donors (Lipinski definition) is 2. The average molecular weight is 478 g/mol. The second kappa shape index (κ2) is 11.1. The fourth-order valence-electron chi connectivity index (χ4n) is 3.20. The van der Waals surface area contributed by atoms with Crippen LogP contribution in [0.4, 0.5) is 5.69 Å². The minimum Gasteiger partial charge on any atom is -0.385 e. The van der Waals surface area contributed by atoms with E-state index in [0.29, 0.717) is 22.2 Å². The minimum atomic E-state index is -0.0734. The van der Waals surface area contributed by atoms with E-state index >= 15 is 0 Å². The molecule has 2 heterocycles. The number of rotatable bonds is 4. The molecule has 6 nitrogen and oxygen atoms in total. The number of nitriles is 1. The van der Waals surface area contributed by atoms with Crippen molar-refractivity contribution < 1.29 is 4.79 Å². The highest BCUT2D eigenvalue weighted by atomic mass is 32.2. The second-order valence-corrected chi connectivity index (χ2v) is 9.64. The standard InChI is InChI=1S/C16H17N3OS2.C9H10N2/c1-10-11(2)21-15(18(10)3)13-14(20)19(16(17)22-13)9-12-7-5-4-6-8-12;1-2-11-9-5-3-8(7-10)4-6-9/h4-8,17H,9H2,1-3H3;3-6,11H,2H2,1H3/b15-13-,17-16?;. The Bertz CT molecular complexity index is 1130. The second-order valence-electron chi connectivity index (χ2n) is 7.44. The van der Waals surface area contributed by atoms with E-state index in [4.69, 9.17) is 10.7 Å². The largest absolute Gasteiger partial charge is 0.385 e. The van der Waals surface area contributed by atoms with Crippen LogP contribution in [0.3, 0.4) is 0 Å². The summed E-state index contributed by atoms with van der Waals surface area (Å²) in [5.74, 6) is -0.0734. The number of allylic oxidation sites excluding steroid dienone is 2. The van der Waals surface area contributed by atoms with Crippen LogP contribution in [-0.2, 0) is 11.3 Å². The molecule has 2 N–H and O–H groups in total. The van der Waals surface area contributed by atoms with Crippen molar-refractivity contribution in [3.8, 4) is 6.07 Å². The highest BCUT2D eigenvalue weighted by molar-refractivity contribution is 8.19. The topological polar surface area (TPSA) is 83.2 Å². The maximum Gasteiger partial charge on any atom is 0.269 e. The Morgan fingerprint density at radius 1 is 1.06 bits per heavy atom. The SMILES string of the molecule is CC1=C(C)N(C)/C(=C2/SC(=N)N(Cc3ccccc3)C2=O)S1.CCNc1ccc(C#N)cc1. The molecule has 33 heavy (non-hydrogen) atoms. The smallest absolute Gasteiger partial charge is 0.269 e. The van der Waals surface area contributed by atoms with Gasteiger partial charge < -0.3 is 10.2 Å². The fourth-order valence-corrected chi connectivity index (χ4v) is 5.35. The summed E-state index contributed by atoms with van der Waals surface area (Å²) < 4.78 is 0. The number of benzene rings is 2. The minimum absolute atomic E-state index is 0.0734. The zero-order valence-corrected chi connectivity index (χ0v) is 20.8. The van der Waals surface area contributed by atoms with Crippen molar-refractivity contribution in [2.45, 2.75) is 27.3 Å². The number of anilines is 1. The van der Waals surface area contributed by atoms with Gasteiger partial charge in [0.25, 0.3) is 5.91 Å². The highest BCUT2D eigenvalue weighted by Crippen LogP contribution is 2.46. The van der Waals surface area contributed by atoms with Crippen LogP contribution in [0.1, 0.15) is 31.9 Å². The maximum absolute atomic E-state index is 12.7. The quantitative estimate of drug-likeness (QED) is 0.543. The molecule has 2 aliphatic rings. The molecule has 8 heteroatoms. The van der Waals surface area contributed by atoms with E-state index in [1.165, 1.54) is 16.7 Å². The monoisotopic (exact) mass is 477 g/mol. The van der Waals surface area contributed by atoms with Gasteiger partial charge in [-0.15, -0.1) is 0 Å². The lowest BCUT2D eigenvalue weighted by atomic mass is 10.2. The molecule has 4 rings (SSSR count). The number of nitrogens with one attached hydrogen (secondary N) is 2. The van der Waals surface area contributed by atoms with Gasteiger partial charge in [0.2, 0.25) is 0 Å². The molecule has 2 aromatic carbocycles. The van der Waals surface area contributed by atoms with Crippen LogP contribution >= 0.6 is 23.5 Å². The van der Waals surface area contributed by atoms with Crippen molar-refractivity contribution in [2.75, 3.05) is 18.9 Å². The van der Waals surface area contributed by atoms with Gasteiger partial charge in [-0.25, -0.2) is 0 Å². The summed E-state index contributed by atoms with van der Waals surface area (Å²) in [6.07, 6.45) is 0. The van der Waals surface area contributed by atoms with E-state index in [2.05, 4.69) is 18.3 Å². The van der Waals surface area contributed by atoms with E-state index in [1.54, 1.807) is 28.8 Å². The molecule has 0 bridgehead atoms. The lowest BCUT2D eigenvalue weighted by molar-refractivity contribution is -0.122. The van der Waals surface area contributed by atoms with Crippen molar-refractivity contribution in [3.63, 3.8) is 0 Å². The first-order chi connectivity index (χ1) is 15.8. The van der Waals surface area contributed by atoms with Gasteiger partial charge in [0.1, 0.15) is 4.91 Å². The van der Waals surface area contributed by atoms with Gasteiger partial charge in [-0.3, -0.25) is 15.1 Å². The third kappa shape index (κ3) is 5.81. The Labute approximate surface area is 203 Å². The molecule has 1 amide bonds. The molecular formula is C25H27N5OS2. The predicted octanol–water partition coefficient (Wildman–Crippen LogP) is 5.79. The van der Waals surface area contributed by atoms with Gasteiger partial charge in [-0.1, -0.05) is 42.1 Å². The van der Waals surface area contributed by atoms with Crippen LogP contribution in [0.25, 0.3) is 0 Å². The number of amidine groups is 1. The molecule has 0 spiro atoms. The Kier molecular flexibility index (Phi) is 8.26. The summed E-state index contributed by atoms with van der Waals surface area (Å²) in [7, 11) is 1.97. The van der Waals surface area contributed by atoms with Gasteiger partial charge in [-0.2, -0.15) is 5.26 Å². The fraction of sp³-hybridized carbons (Fsp3) is 0.240. The summed E-state index contributed by atoms with van der Waals surface area (Å²) in [6, 6.07) is 19.3. The molecule has 0 aliphatic carbocycles. The molecule has 2 aliphatic heterocycles. The van der Waals surface area contributed by atoms with Gasteiger partial charge in [0.05, 0.1) is 23.2 Å². The molecule has 1 fully saturated rings. The van der Waals surface area contributed by atoms with Crippen LogP contribution in [0.2, 0.25) is 0 Å². The Hall–Kier alpha value is -3.15. The van der Waals surface area contributed by atoms with Crippen LogP contribution in [0.5, 0.6) is 0 Å². The lowest BCUT2D eigenvalue weighted by Gasteiger charge is -2.17. The van der Waals surface area contributed by atoms with Crippen LogP contribution in [0, 0.1) is 16.7 Å². The van der Waals surface area contributed by atoms with Crippen molar-refractivity contribution in [1.29, 1.82) is 10.7 Å². The Morgan fingerprint density at radius 3 is 2.27 bits per heavy atom. The highest BCUT2D eigenvalue weighted by Gasteiger charge is 2.37. The first kappa shape index (κ1) is 24.5. The number of nitrogens with zero attached hydrogens (tertiary/aromatic N) is 3. The average Bonchev–Trinajstić information content (AvgIpc) is 3.25. The molecule has 0 aromatic heterocycles. The Balaban J connectivity index is 0.000000235. The predicted molar refractivity (Wildman–Crippen MR) is 138 cm³/mol. The lowest BCUT2D eigenvalue weighted by Crippen LogP contribution is -2.28. The van der Waals surface area contributed by atoms with E-state index < -0.39 is 0 Å². The van der Waals surface area contributed by atoms with Crippen molar-refractivity contribution in [3.05, 3.63) is 86.3 Å². The van der Waals surface area contributed by atoms with E-state index in [1.807, 2.05) is 68.3 Å². The van der Waals surface area contributed by atoms with Gasteiger partial charge in [-0.05, 0) is 62.4 Å². The zero-order valence-electron chi connectivity index (χ0n) is 19.2. The van der Waals surface area contributed by atoms with Crippen LogP contribution in [0.15, 0.2) is 75.1 Å². The number of amides is 1. The van der Waals surface area contributed by atoms with Crippen LogP contribution < -0.4 is 5.32 Å². The van der Waals surface area contributed by atoms with Crippen molar-refractivity contribution in [2.24, 2.45) is 0 Å². The third-order valence-electron chi connectivity index (χ3n) is 5.22. The summed E-state index contributed by atoms with van der Waals surface area (Å²) in [4.78, 5) is 18.2. The molecule has 0 saturated carbocycles. The molecule has 2 aromatic rings. The molecule has 170 valence electrons. The third-order valence-corrected chi connectivity index (χ3v) is 7.61. The summed E-state index contributed by atoms with van der Waals surface area (Å²) in [6.45, 7) is 7.50. The normalized spacial score (nSPS) is 17.8. The molecular weight excluding hydrogens is 450 g/mol. The van der Waals surface area contributed by atoms with E-state index in [-0.39, 0.29) is 5.91 Å². The molecule has 0 atom stereocenters. The molecule has 0 radical (unpaired) electrons. The first-order valence-electron chi connectivity index (χ1n) is 10.5. The number of hydrogen-bond acceptors (Lipinski definition) is 7. The number of carbonyl (C=O) groups excluding carboxylic acids is 1. The van der Waals surface area contributed by atoms with Gasteiger partial charge in [0.15, 0.2) is 5.17 Å².